The molecular weight excluding hydrogens is 296 g/mol. The molecule has 0 atom stereocenters. The number of pyridine rings is 1. The molecule has 3 rings (SSSR count). The SMILES string of the molecule is CC(=O)N(CCC1=CCCCC1)c1ccnc2c(C)cc(C)cc12. The molecule has 1 amide bonds. The summed E-state index contributed by atoms with van der Waals surface area (Å²) < 4.78 is 0. The van der Waals surface area contributed by atoms with Crippen LogP contribution in [0, 0.1) is 13.8 Å². The average Bonchev–Trinajstić information content (AvgIpc) is 2.56. The third-order valence-corrected chi connectivity index (χ3v) is 4.87. The van der Waals surface area contributed by atoms with Gasteiger partial charge in [-0.1, -0.05) is 23.3 Å². The fraction of sp³-hybridized carbons (Fsp3) is 0.429. The summed E-state index contributed by atoms with van der Waals surface area (Å²) in [5.41, 5.74) is 5.83. The second kappa shape index (κ2) is 7.16. The molecule has 0 N–H and O–H groups in total. The van der Waals surface area contributed by atoms with E-state index < -0.39 is 0 Å². The lowest BCUT2D eigenvalue weighted by molar-refractivity contribution is -0.116. The predicted octanol–water partition coefficient (Wildman–Crippen LogP) is 5.10. The van der Waals surface area contributed by atoms with Gasteiger partial charge >= 0.3 is 0 Å². The molecule has 2 aromatic rings. The van der Waals surface area contributed by atoms with Crippen molar-refractivity contribution in [3.8, 4) is 0 Å². The van der Waals surface area contributed by atoms with Gasteiger partial charge in [-0.25, -0.2) is 0 Å². The van der Waals surface area contributed by atoms with Crippen molar-refractivity contribution >= 4 is 22.5 Å². The van der Waals surface area contributed by atoms with Crippen LogP contribution in [0.4, 0.5) is 5.69 Å². The smallest absolute Gasteiger partial charge is 0.223 e. The number of rotatable bonds is 4. The van der Waals surface area contributed by atoms with Crippen molar-refractivity contribution in [1.29, 1.82) is 0 Å². The molecular formula is C21H26N2O. The molecule has 126 valence electrons. The van der Waals surface area contributed by atoms with Crippen LogP contribution in [-0.4, -0.2) is 17.4 Å². The molecule has 1 heterocycles. The highest BCUT2D eigenvalue weighted by atomic mass is 16.2. The first-order chi connectivity index (χ1) is 11.6. The Labute approximate surface area is 144 Å². The lowest BCUT2D eigenvalue weighted by Crippen LogP contribution is -2.30. The van der Waals surface area contributed by atoms with Crippen molar-refractivity contribution in [3.63, 3.8) is 0 Å². The minimum Gasteiger partial charge on any atom is -0.312 e. The summed E-state index contributed by atoms with van der Waals surface area (Å²) in [4.78, 5) is 18.8. The maximum absolute atomic E-state index is 12.3. The van der Waals surface area contributed by atoms with E-state index in [1.807, 2.05) is 17.2 Å². The third-order valence-electron chi connectivity index (χ3n) is 4.87. The number of carbonyl (C=O) groups is 1. The van der Waals surface area contributed by atoms with Gasteiger partial charge in [-0.05, 0) is 63.6 Å². The molecule has 0 spiro atoms. The Bertz CT molecular complexity index is 792. The van der Waals surface area contributed by atoms with E-state index in [1.54, 1.807) is 6.92 Å². The van der Waals surface area contributed by atoms with Crippen LogP contribution in [0.1, 0.15) is 50.2 Å². The predicted molar refractivity (Wildman–Crippen MR) is 100 cm³/mol. The second-order valence-corrected chi connectivity index (χ2v) is 6.84. The molecule has 0 aliphatic heterocycles. The van der Waals surface area contributed by atoms with Gasteiger partial charge in [0, 0.05) is 25.1 Å². The van der Waals surface area contributed by atoms with Crippen molar-refractivity contribution in [2.75, 3.05) is 11.4 Å². The van der Waals surface area contributed by atoms with E-state index >= 15 is 0 Å². The van der Waals surface area contributed by atoms with E-state index in [0.717, 1.165) is 35.1 Å². The summed E-state index contributed by atoms with van der Waals surface area (Å²) in [5, 5.41) is 1.07. The summed E-state index contributed by atoms with van der Waals surface area (Å²) in [6, 6.07) is 6.25. The molecule has 3 heteroatoms. The Morgan fingerprint density at radius 2 is 2.08 bits per heavy atom. The lowest BCUT2D eigenvalue weighted by atomic mass is 9.97. The van der Waals surface area contributed by atoms with Gasteiger partial charge in [-0.15, -0.1) is 0 Å². The Morgan fingerprint density at radius 3 is 2.79 bits per heavy atom. The first-order valence-corrected chi connectivity index (χ1v) is 8.88. The number of fused-ring (bicyclic) bond motifs is 1. The molecule has 0 saturated carbocycles. The van der Waals surface area contributed by atoms with Gasteiger partial charge in [-0.2, -0.15) is 0 Å². The van der Waals surface area contributed by atoms with Crippen LogP contribution in [-0.2, 0) is 4.79 Å². The Morgan fingerprint density at radius 1 is 1.25 bits per heavy atom. The van der Waals surface area contributed by atoms with Crippen LogP contribution in [0.5, 0.6) is 0 Å². The van der Waals surface area contributed by atoms with Crippen molar-refractivity contribution < 1.29 is 4.79 Å². The van der Waals surface area contributed by atoms with Gasteiger partial charge in [0.2, 0.25) is 5.91 Å². The van der Waals surface area contributed by atoms with Crippen LogP contribution in [0.25, 0.3) is 10.9 Å². The van der Waals surface area contributed by atoms with Gasteiger partial charge in [0.1, 0.15) is 0 Å². The van der Waals surface area contributed by atoms with E-state index in [2.05, 4.69) is 37.0 Å². The van der Waals surface area contributed by atoms with Crippen LogP contribution in [0.2, 0.25) is 0 Å². The number of aromatic nitrogens is 1. The zero-order chi connectivity index (χ0) is 17.1. The number of benzene rings is 1. The fourth-order valence-electron chi connectivity index (χ4n) is 3.67. The minimum absolute atomic E-state index is 0.0954. The van der Waals surface area contributed by atoms with Gasteiger partial charge in [-0.3, -0.25) is 9.78 Å². The number of nitrogens with zero attached hydrogens (tertiary/aromatic N) is 2. The normalized spacial score (nSPS) is 14.5. The van der Waals surface area contributed by atoms with Crippen LogP contribution in [0.3, 0.4) is 0 Å². The van der Waals surface area contributed by atoms with Gasteiger partial charge in [0.05, 0.1) is 11.2 Å². The van der Waals surface area contributed by atoms with Crippen LogP contribution < -0.4 is 4.90 Å². The number of amides is 1. The highest BCUT2D eigenvalue weighted by Gasteiger charge is 2.16. The molecule has 1 aromatic heterocycles. The monoisotopic (exact) mass is 322 g/mol. The molecule has 1 aromatic carbocycles. The molecule has 3 nitrogen and oxygen atoms in total. The number of aryl methyl sites for hydroxylation is 2. The summed E-state index contributed by atoms with van der Waals surface area (Å²) in [6.45, 7) is 6.57. The minimum atomic E-state index is 0.0954. The number of hydrogen-bond acceptors (Lipinski definition) is 2. The maximum atomic E-state index is 12.3. The largest absolute Gasteiger partial charge is 0.312 e. The Kier molecular flexibility index (Phi) is 4.98. The average molecular weight is 322 g/mol. The first-order valence-electron chi connectivity index (χ1n) is 8.88. The lowest BCUT2D eigenvalue weighted by Gasteiger charge is -2.24. The number of allylic oxidation sites excluding steroid dienone is 1. The van der Waals surface area contributed by atoms with E-state index in [9.17, 15) is 4.79 Å². The molecule has 0 bridgehead atoms. The van der Waals surface area contributed by atoms with E-state index in [0.29, 0.717) is 0 Å². The number of carbonyl (C=O) groups excluding carboxylic acids is 1. The topological polar surface area (TPSA) is 33.2 Å². The van der Waals surface area contributed by atoms with Gasteiger partial charge in [0.15, 0.2) is 0 Å². The number of anilines is 1. The van der Waals surface area contributed by atoms with E-state index in [-0.39, 0.29) is 5.91 Å². The fourth-order valence-corrected chi connectivity index (χ4v) is 3.67. The highest BCUT2D eigenvalue weighted by molar-refractivity contribution is 6.02. The number of hydrogen-bond donors (Lipinski definition) is 0. The van der Waals surface area contributed by atoms with Crippen molar-refractivity contribution in [3.05, 3.63) is 47.2 Å². The van der Waals surface area contributed by atoms with E-state index in [1.165, 1.54) is 36.8 Å². The molecule has 24 heavy (non-hydrogen) atoms. The first kappa shape index (κ1) is 16.7. The van der Waals surface area contributed by atoms with Gasteiger partial charge in [0.25, 0.3) is 0 Å². The Balaban J connectivity index is 1.95. The van der Waals surface area contributed by atoms with Crippen LogP contribution in [0.15, 0.2) is 36.0 Å². The molecule has 0 fully saturated rings. The van der Waals surface area contributed by atoms with Gasteiger partial charge < -0.3 is 4.90 Å². The maximum Gasteiger partial charge on any atom is 0.223 e. The highest BCUT2D eigenvalue weighted by Crippen LogP contribution is 2.30. The molecule has 0 radical (unpaired) electrons. The summed E-state index contributed by atoms with van der Waals surface area (Å²) >= 11 is 0. The molecule has 0 unspecified atom stereocenters. The standard InChI is InChI=1S/C21H26N2O/c1-15-13-16(2)21-19(14-15)20(9-11-22-21)23(17(3)24)12-10-18-7-5-4-6-8-18/h7,9,11,13-14H,4-6,8,10,12H2,1-3H3. The van der Waals surface area contributed by atoms with E-state index in [4.69, 9.17) is 0 Å². The Hall–Kier alpha value is -2.16. The summed E-state index contributed by atoms with van der Waals surface area (Å²) in [6.07, 6.45) is 10.1. The van der Waals surface area contributed by atoms with Crippen molar-refractivity contribution in [2.45, 2.75) is 52.9 Å². The van der Waals surface area contributed by atoms with Crippen molar-refractivity contribution in [1.82, 2.24) is 4.98 Å². The quantitative estimate of drug-likeness (QED) is 0.734. The summed E-state index contributed by atoms with van der Waals surface area (Å²) in [5.74, 6) is 0.0954. The van der Waals surface area contributed by atoms with Crippen molar-refractivity contribution in [2.24, 2.45) is 0 Å². The molecule has 1 aliphatic carbocycles. The zero-order valence-corrected chi connectivity index (χ0v) is 14.9. The zero-order valence-electron chi connectivity index (χ0n) is 14.9. The van der Waals surface area contributed by atoms with Crippen LogP contribution >= 0.6 is 0 Å². The summed E-state index contributed by atoms with van der Waals surface area (Å²) in [7, 11) is 0. The molecule has 0 saturated heterocycles. The second-order valence-electron chi connectivity index (χ2n) is 6.84. The third kappa shape index (κ3) is 3.50. The molecule has 1 aliphatic rings.